The van der Waals surface area contributed by atoms with Gasteiger partial charge >= 0.3 is 12.1 Å². The van der Waals surface area contributed by atoms with Gasteiger partial charge in [0.05, 0.1) is 11.0 Å². The molecule has 0 spiro atoms. The van der Waals surface area contributed by atoms with Gasteiger partial charge in [-0.3, -0.25) is 14.8 Å². The van der Waals surface area contributed by atoms with Crippen LogP contribution >= 0.6 is 0 Å². The molecule has 122 valence electrons. The van der Waals surface area contributed by atoms with Crippen LogP contribution in [0, 0.1) is 0 Å². The van der Waals surface area contributed by atoms with Gasteiger partial charge in [0.15, 0.2) is 0 Å². The molecule has 1 aromatic carbocycles. The number of halogens is 3. The van der Waals surface area contributed by atoms with Gasteiger partial charge in [-0.15, -0.1) is 0 Å². The van der Waals surface area contributed by atoms with E-state index in [9.17, 15) is 18.0 Å². The lowest BCUT2D eigenvalue weighted by Gasteiger charge is -2.25. The average Bonchev–Trinajstić information content (AvgIpc) is 2.61. The fourth-order valence-electron chi connectivity index (χ4n) is 3.17. The molecule has 2 heterocycles. The Balaban J connectivity index is 2.04. The van der Waals surface area contributed by atoms with Gasteiger partial charge in [-0.2, -0.15) is 13.2 Å². The molecular weight excluding hydrogens is 307 g/mol. The molecule has 0 radical (unpaired) electrons. The van der Waals surface area contributed by atoms with Gasteiger partial charge < -0.3 is 4.90 Å². The summed E-state index contributed by atoms with van der Waals surface area (Å²) in [7, 11) is 0. The molecule has 1 aliphatic rings. The van der Waals surface area contributed by atoms with Crippen molar-refractivity contribution in [2.75, 3.05) is 13.1 Å². The molecule has 0 N–H and O–H groups in total. The molecule has 0 bridgehead atoms. The molecule has 3 rings (SSSR count). The van der Waals surface area contributed by atoms with E-state index < -0.39 is 12.1 Å². The fourth-order valence-corrected chi connectivity index (χ4v) is 3.17. The van der Waals surface area contributed by atoms with Crippen molar-refractivity contribution in [3.8, 4) is 0 Å². The molecular formula is C16H16F3N3O. The highest BCUT2D eigenvalue weighted by atomic mass is 19.4. The number of rotatable bonds is 0. The highest BCUT2D eigenvalue weighted by Gasteiger charge is 2.44. The van der Waals surface area contributed by atoms with E-state index in [2.05, 4.69) is 9.97 Å². The molecule has 2 aromatic rings. The number of fused-ring (bicyclic) bond motifs is 2. The number of benzene rings is 1. The maximum atomic E-state index is 12.8. The Hall–Kier alpha value is -2.18. The normalized spacial score (nSPS) is 21.9. The Bertz CT molecular complexity index is 709. The highest BCUT2D eigenvalue weighted by Crippen LogP contribution is 2.35. The Labute approximate surface area is 131 Å². The summed E-state index contributed by atoms with van der Waals surface area (Å²) < 4.78 is 38.3. The molecule has 23 heavy (non-hydrogen) atoms. The van der Waals surface area contributed by atoms with Crippen molar-refractivity contribution in [1.82, 2.24) is 14.9 Å². The van der Waals surface area contributed by atoms with Crippen LogP contribution in [0.4, 0.5) is 13.2 Å². The summed E-state index contributed by atoms with van der Waals surface area (Å²) in [6, 6.07) is 3.75. The molecule has 0 saturated carbocycles. The Morgan fingerprint density at radius 2 is 1.48 bits per heavy atom. The van der Waals surface area contributed by atoms with Crippen molar-refractivity contribution < 1.29 is 18.0 Å². The molecule has 4 nitrogen and oxygen atoms in total. The summed E-state index contributed by atoms with van der Waals surface area (Å²) in [5, 5.41) is 0. The van der Waals surface area contributed by atoms with Crippen molar-refractivity contribution in [1.29, 1.82) is 0 Å². The van der Waals surface area contributed by atoms with Crippen LogP contribution < -0.4 is 0 Å². The van der Waals surface area contributed by atoms with Crippen molar-refractivity contribution in [3.05, 3.63) is 35.7 Å². The van der Waals surface area contributed by atoms with Gasteiger partial charge in [-0.25, -0.2) is 0 Å². The second kappa shape index (κ2) is 5.47. The lowest BCUT2D eigenvalue weighted by Crippen LogP contribution is -2.43. The first-order valence-electron chi connectivity index (χ1n) is 7.38. The Morgan fingerprint density at radius 1 is 1.04 bits per heavy atom. The third-order valence-corrected chi connectivity index (χ3v) is 4.25. The summed E-state index contributed by atoms with van der Waals surface area (Å²) >= 11 is 0. The minimum absolute atomic E-state index is 0.0431. The molecule has 2 unspecified atom stereocenters. The molecule has 0 saturated heterocycles. The minimum Gasteiger partial charge on any atom is -0.334 e. The van der Waals surface area contributed by atoms with Gasteiger partial charge in [0.25, 0.3) is 0 Å². The maximum absolute atomic E-state index is 12.8. The summed E-state index contributed by atoms with van der Waals surface area (Å²) in [5.74, 6) is -2.18. The first-order chi connectivity index (χ1) is 10.8. The van der Waals surface area contributed by atoms with Crippen LogP contribution in [-0.4, -0.2) is 40.0 Å². The van der Waals surface area contributed by atoms with Crippen LogP contribution in [0.5, 0.6) is 0 Å². The van der Waals surface area contributed by atoms with Gasteiger partial charge in [0.2, 0.25) is 0 Å². The maximum Gasteiger partial charge on any atom is 0.471 e. The summed E-state index contributed by atoms with van der Waals surface area (Å²) in [4.78, 5) is 21.0. The van der Waals surface area contributed by atoms with Crippen LogP contribution in [-0.2, 0) is 4.79 Å². The van der Waals surface area contributed by atoms with E-state index in [-0.39, 0.29) is 24.9 Å². The third kappa shape index (κ3) is 2.87. The van der Waals surface area contributed by atoms with Crippen molar-refractivity contribution >= 4 is 16.9 Å². The second-order valence-electron chi connectivity index (χ2n) is 6.04. The number of carbonyl (C=O) groups excluding carboxylic acids is 1. The van der Waals surface area contributed by atoms with Crippen molar-refractivity contribution in [2.45, 2.75) is 31.9 Å². The molecule has 1 aromatic heterocycles. The summed E-state index contributed by atoms with van der Waals surface area (Å²) in [6.45, 7) is 3.74. The molecule has 1 aliphatic heterocycles. The monoisotopic (exact) mass is 323 g/mol. The van der Waals surface area contributed by atoms with E-state index in [1.807, 2.05) is 26.0 Å². The standard InChI is InChI=1S/C16H16F3N3O/c1-9-7-22(15(23)16(17,18)19)8-10(2)12-6-14-13(5-11(9)12)20-3-4-21-14/h3-6,9-10H,7-8H2,1-2H3. The topological polar surface area (TPSA) is 46.1 Å². The molecule has 2 atom stereocenters. The number of hydrogen-bond acceptors (Lipinski definition) is 3. The smallest absolute Gasteiger partial charge is 0.334 e. The summed E-state index contributed by atoms with van der Waals surface area (Å²) in [5.41, 5.74) is 3.28. The van der Waals surface area contributed by atoms with Crippen LogP contribution in [0.25, 0.3) is 11.0 Å². The van der Waals surface area contributed by atoms with Crippen LogP contribution in [0.2, 0.25) is 0 Å². The molecule has 7 heteroatoms. The van der Waals surface area contributed by atoms with E-state index in [1.54, 1.807) is 12.4 Å². The van der Waals surface area contributed by atoms with Crippen LogP contribution in [0.1, 0.15) is 36.8 Å². The number of nitrogens with zero attached hydrogens (tertiary/aromatic N) is 3. The first-order valence-corrected chi connectivity index (χ1v) is 7.38. The first kappa shape index (κ1) is 15.7. The molecule has 0 fully saturated rings. The van der Waals surface area contributed by atoms with Crippen molar-refractivity contribution in [2.24, 2.45) is 0 Å². The number of hydrogen-bond donors (Lipinski definition) is 0. The zero-order valence-electron chi connectivity index (χ0n) is 12.8. The van der Waals surface area contributed by atoms with Gasteiger partial charge in [0.1, 0.15) is 0 Å². The summed E-state index contributed by atoms with van der Waals surface area (Å²) in [6.07, 6.45) is -1.68. The lowest BCUT2D eigenvalue weighted by atomic mass is 9.90. The predicted molar refractivity (Wildman–Crippen MR) is 79.0 cm³/mol. The quantitative estimate of drug-likeness (QED) is 0.748. The van der Waals surface area contributed by atoms with Gasteiger partial charge in [-0.05, 0) is 35.1 Å². The van der Waals surface area contributed by atoms with Crippen LogP contribution in [0.3, 0.4) is 0 Å². The number of aromatic nitrogens is 2. The van der Waals surface area contributed by atoms with Gasteiger partial charge in [-0.1, -0.05) is 13.8 Å². The van der Waals surface area contributed by atoms with E-state index in [0.29, 0.717) is 11.0 Å². The number of carbonyl (C=O) groups is 1. The predicted octanol–water partition coefficient (Wildman–Crippen LogP) is 3.24. The average molecular weight is 323 g/mol. The molecule has 0 aliphatic carbocycles. The van der Waals surface area contributed by atoms with Crippen LogP contribution in [0.15, 0.2) is 24.5 Å². The third-order valence-electron chi connectivity index (χ3n) is 4.25. The highest BCUT2D eigenvalue weighted by molar-refractivity contribution is 5.82. The number of alkyl halides is 3. The van der Waals surface area contributed by atoms with E-state index >= 15 is 0 Å². The Morgan fingerprint density at radius 3 is 1.87 bits per heavy atom. The fraction of sp³-hybridized carbons (Fsp3) is 0.438. The number of amides is 1. The van der Waals surface area contributed by atoms with Gasteiger partial charge in [0, 0.05) is 25.5 Å². The van der Waals surface area contributed by atoms with E-state index in [0.717, 1.165) is 16.0 Å². The largest absolute Gasteiger partial charge is 0.471 e. The molecule has 1 amide bonds. The van der Waals surface area contributed by atoms with E-state index in [4.69, 9.17) is 0 Å². The van der Waals surface area contributed by atoms with E-state index in [1.165, 1.54) is 0 Å². The SMILES string of the molecule is CC1CN(C(=O)C(F)(F)F)CC(C)c2cc3nccnc3cc21. The minimum atomic E-state index is -4.84. The second-order valence-corrected chi connectivity index (χ2v) is 6.04. The van der Waals surface area contributed by atoms with Crippen molar-refractivity contribution in [3.63, 3.8) is 0 Å². The lowest BCUT2D eigenvalue weighted by molar-refractivity contribution is -0.185. The Kier molecular flexibility index (Phi) is 3.74. The zero-order valence-corrected chi connectivity index (χ0v) is 12.8. The zero-order chi connectivity index (χ0) is 16.8.